The third-order valence-corrected chi connectivity index (χ3v) is 1.38. The summed E-state index contributed by atoms with van der Waals surface area (Å²) in [5, 5.41) is 0. The molecular formula is C10H12. The quantitative estimate of drug-likeness (QED) is 0.507. The number of hydrogen-bond donors (Lipinski definition) is 0. The van der Waals surface area contributed by atoms with Gasteiger partial charge in [-0.25, -0.2) is 0 Å². The molecule has 0 heteroatoms. The highest BCUT2D eigenvalue weighted by molar-refractivity contribution is 5.34. The fraction of sp³-hybridized carbons (Fsp3) is 0.200. The maximum Gasteiger partial charge on any atom is -0.00943 e. The van der Waals surface area contributed by atoms with Crippen LogP contribution >= 0.6 is 0 Å². The van der Waals surface area contributed by atoms with Crippen molar-refractivity contribution in [2.75, 3.05) is 0 Å². The summed E-state index contributed by atoms with van der Waals surface area (Å²) in [5.74, 6) is 0. The Kier molecular flexibility index (Phi) is 2.27. The number of allylic oxidation sites excluding steroid dienone is 7. The third-order valence-electron chi connectivity index (χ3n) is 1.38. The van der Waals surface area contributed by atoms with Crippen LogP contribution in [0.25, 0.3) is 0 Å². The van der Waals surface area contributed by atoms with Crippen LogP contribution in [0.3, 0.4) is 0 Å². The largest absolute Gasteiger partial charge is 0.0961 e. The summed E-state index contributed by atoms with van der Waals surface area (Å²) in [6, 6.07) is 0. The molecule has 52 valence electrons. The molecule has 0 saturated carbocycles. The molecule has 0 heterocycles. The van der Waals surface area contributed by atoms with Gasteiger partial charge in [0.1, 0.15) is 0 Å². The van der Waals surface area contributed by atoms with Crippen LogP contribution in [0.4, 0.5) is 0 Å². The summed E-state index contributed by atoms with van der Waals surface area (Å²) in [7, 11) is 0. The molecule has 0 aromatic heterocycles. The lowest BCUT2D eigenvalue weighted by molar-refractivity contribution is 1.33. The first kappa shape index (κ1) is 7.07. The van der Waals surface area contributed by atoms with Crippen molar-refractivity contribution in [1.82, 2.24) is 0 Å². The first-order chi connectivity index (χ1) is 4.79. The molecule has 0 nitrogen and oxygen atoms in total. The predicted octanol–water partition coefficient (Wildman–Crippen LogP) is 3.01. The van der Waals surface area contributed by atoms with E-state index in [1.165, 1.54) is 5.57 Å². The Morgan fingerprint density at radius 3 is 3.00 bits per heavy atom. The Morgan fingerprint density at radius 2 is 2.50 bits per heavy atom. The molecule has 0 aromatic carbocycles. The zero-order chi connectivity index (χ0) is 7.40. The normalized spacial score (nSPS) is 16.3. The van der Waals surface area contributed by atoms with Crippen molar-refractivity contribution in [3.8, 4) is 0 Å². The summed E-state index contributed by atoms with van der Waals surface area (Å²) in [5.41, 5.74) is 2.47. The molecule has 1 rings (SSSR count). The van der Waals surface area contributed by atoms with Crippen molar-refractivity contribution in [1.29, 1.82) is 0 Å². The van der Waals surface area contributed by atoms with Gasteiger partial charge in [0.2, 0.25) is 0 Å². The van der Waals surface area contributed by atoms with Crippen LogP contribution in [-0.2, 0) is 0 Å². The van der Waals surface area contributed by atoms with Gasteiger partial charge in [-0.1, -0.05) is 42.5 Å². The molecule has 10 heavy (non-hydrogen) atoms. The molecule has 1 aliphatic carbocycles. The van der Waals surface area contributed by atoms with Crippen molar-refractivity contribution in [2.45, 2.75) is 13.3 Å². The van der Waals surface area contributed by atoms with Crippen molar-refractivity contribution in [3.63, 3.8) is 0 Å². The van der Waals surface area contributed by atoms with Gasteiger partial charge in [-0.3, -0.25) is 0 Å². The summed E-state index contributed by atoms with van der Waals surface area (Å²) < 4.78 is 0. The second kappa shape index (κ2) is 3.21. The molecule has 0 atom stereocenters. The van der Waals surface area contributed by atoms with Gasteiger partial charge in [-0.15, -0.1) is 0 Å². The van der Waals surface area contributed by atoms with E-state index in [0.717, 1.165) is 12.0 Å². The second-order valence-corrected chi connectivity index (χ2v) is 2.55. The predicted molar refractivity (Wildman–Crippen MR) is 45.8 cm³/mol. The highest BCUT2D eigenvalue weighted by Gasteiger charge is 1.91. The Labute approximate surface area is 62.3 Å². The molecule has 0 aromatic rings. The molecule has 0 fully saturated rings. The molecule has 0 amide bonds. The van der Waals surface area contributed by atoms with Gasteiger partial charge in [-0.05, 0) is 18.9 Å². The van der Waals surface area contributed by atoms with E-state index in [2.05, 4.69) is 30.9 Å². The molecule has 0 bridgehead atoms. The molecular weight excluding hydrogens is 120 g/mol. The lowest BCUT2D eigenvalue weighted by atomic mass is 10.2. The second-order valence-electron chi connectivity index (χ2n) is 2.55. The van der Waals surface area contributed by atoms with E-state index < -0.39 is 0 Å². The molecule has 0 aliphatic heterocycles. The maximum atomic E-state index is 3.78. The average Bonchev–Trinajstić information content (AvgIpc) is 2.34. The van der Waals surface area contributed by atoms with Crippen LogP contribution < -0.4 is 0 Å². The molecule has 0 radical (unpaired) electrons. The Hall–Kier alpha value is -1.04. The van der Waals surface area contributed by atoms with Crippen LogP contribution in [-0.4, -0.2) is 0 Å². The minimum atomic E-state index is 1.07. The highest BCUT2D eigenvalue weighted by atomic mass is 14.0. The summed E-state index contributed by atoms with van der Waals surface area (Å²) in [6.45, 7) is 5.78. The summed E-state index contributed by atoms with van der Waals surface area (Å²) >= 11 is 0. The Morgan fingerprint density at radius 1 is 1.70 bits per heavy atom. The van der Waals surface area contributed by atoms with Crippen LogP contribution in [0.5, 0.6) is 0 Å². The van der Waals surface area contributed by atoms with Gasteiger partial charge < -0.3 is 0 Å². The zero-order valence-corrected chi connectivity index (χ0v) is 6.30. The SMILES string of the molecule is C=C(C)/C=C/C1=CC=CC1. The third kappa shape index (κ3) is 2.06. The van der Waals surface area contributed by atoms with E-state index in [1.807, 2.05) is 13.0 Å². The number of hydrogen-bond acceptors (Lipinski definition) is 0. The highest BCUT2D eigenvalue weighted by Crippen LogP contribution is 2.11. The van der Waals surface area contributed by atoms with Gasteiger partial charge in [0.15, 0.2) is 0 Å². The molecule has 0 N–H and O–H groups in total. The first-order valence-corrected chi connectivity index (χ1v) is 3.48. The minimum Gasteiger partial charge on any atom is -0.0961 e. The van der Waals surface area contributed by atoms with Crippen LogP contribution in [0.1, 0.15) is 13.3 Å². The van der Waals surface area contributed by atoms with Gasteiger partial charge >= 0.3 is 0 Å². The fourth-order valence-corrected chi connectivity index (χ4v) is 0.837. The smallest absolute Gasteiger partial charge is 0.00943 e. The van der Waals surface area contributed by atoms with Gasteiger partial charge in [0, 0.05) is 0 Å². The van der Waals surface area contributed by atoms with Crippen LogP contribution in [0, 0.1) is 0 Å². The topological polar surface area (TPSA) is 0 Å². The lowest BCUT2D eigenvalue weighted by Gasteiger charge is -1.89. The van der Waals surface area contributed by atoms with Gasteiger partial charge in [0.05, 0.1) is 0 Å². The average molecular weight is 132 g/mol. The van der Waals surface area contributed by atoms with E-state index in [9.17, 15) is 0 Å². The minimum absolute atomic E-state index is 1.07. The monoisotopic (exact) mass is 132 g/mol. The van der Waals surface area contributed by atoms with Gasteiger partial charge in [0.25, 0.3) is 0 Å². The van der Waals surface area contributed by atoms with E-state index in [0.29, 0.717) is 0 Å². The molecule has 1 aliphatic rings. The van der Waals surface area contributed by atoms with Gasteiger partial charge in [-0.2, -0.15) is 0 Å². The molecule has 0 spiro atoms. The van der Waals surface area contributed by atoms with E-state index in [4.69, 9.17) is 0 Å². The Bertz CT molecular complexity index is 214. The molecule has 0 saturated heterocycles. The standard InChI is InChI=1S/C10H12/c1-9(2)7-8-10-5-3-4-6-10/h3-5,7-8H,1,6H2,2H3/b8-7+. The maximum absolute atomic E-state index is 3.78. The van der Waals surface area contributed by atoms with Crippen molar-refractivity contribution >= 4 is 0 Å². The van der Waals surface area contributed by atoms with Crippen molar-refractivity contribution < 1.29 is 0 Å². The zero-order valence-electron chi connectivity index (χ0n) is 6.30. The van der Waals surface area contributed by atoms with Crippen LogP contribution in [0.2, 0.25) is 0 Å². The van der Waals surface area contributed by atoms with Crippen molar-refractivity contribution in [2.24, 2.45) is 0 Å². The number of rotatable bonds is 2. The first-order valence-electron chi connectivity index (χ1n) is 3.48. The van der Waals surface area contributed by atoms with Crippen LogP contribution in [0.15, 0.2) is 48.1 Å². The fourth-order valence-electron chi connectivity index (χ4n) is 0.837. The van der Waals surface area contributed by atoms with Crippen molar-refractivity contribution in [3.05, 3.63) is 48.1 Å². The summed E-state index contributed by atoms with van der Waals surface area (Å²) in [6.07, 6.45) is 11.6. The summed E-state index contributed by atoms with van der Waals surface area (Å²) in [4.78, 5) is 0. The Balaban J connectivity index is 2.47. The van der Waals surface area contributed by atoms with E-state index in [-0.39, 0.29) is 0 Å². The molecule has 0 unspecified atom stereocenters. The van der Waals surface area contributed by atoms with E-state index >= 15 is 0 Å². The van der Waals surface area contributed by atoms with E-state index in [1.54, 1.807) is 0 Å². The lowest BCUT2D eigenvalue weighted by Crippen LogP contribution is -1.69.